The second-order valence-electron chi connectivity index (χ2n) is 6.05. The van der Waals surface area contributed by atoms with Crippen LogP contribution in [0.2, 0.25) is 0 Å². The van der Waals surface area contributed by atoms with Crippen LogP contribution in [0, 0.1) is 6.92 Å². The largest absolute Gasteiger partial charge is 0.356 e. The van der Waals surface area contributed by atoms with Gasteiger partial charge in [-0.3, -0.25) is 4.99 Å². The van der Waals surface area contributed by atoms with Crippen molar-refractivity contribution in [2.75, 3.05) is 13.6 Å². The molecule has 132 valence electrons. The smallest absolute Gasteiger partial charge is 0.191 e. The molecule has 0 aliphatic carbocycles. The monoisotopic (exact) mass is 348 g/mol. The molecule has 0 bridgehead atoms. The minimum Gasteiger partial charge on any atom is -0.356 e. The Morgan fingerprint density at radius 3 is 2.79 bits per heavy atom. The maximum Gasteiger partial charge on any atom is 0.191 e. The number of thiazole rings is 1. The molecule has 2 aromatic rings. The molecule has 6 nitrogen and oxygen atoms in total. The van der Waals surface area contributed by atoms with E-state index in [2.05, 4.69) is 49.4 Å². The lowest BCUT2D eigenvalue weighted by Crippen LogP contribution is -2.37. The summed E-state index contributed by atoms with van der Waals surface area (Å²) >= 11 is 1.70. The molecule has 2 N–H and O–H groups in total. The summed E-state index contributed by atoms with van der Waals surface area (Å²) in [6.07, 6.45) is 6.09. The highest BCUT2D eigenvalue weighted by Gasteiger charge is 2.06. The van der Waals surface area contributed by atoms with Gasteiger partial charge in [0.25, 0.3) is 0 Å². The van der Waals surface area contributed by atoms with Gasteiger partial charge in [-0.05, 0) is 25.7 Å². The van der Waals surface area contributed by atoms with Crippen LogP contribution in [-0.2, 0) is 13.1 Å². The lowest BCUT2D eigenvalue weighted by molar-refractivity contribution is 0.588. The SMILES string of the molecule is CN=C(NCCCCn1ccnc1C)NCc1nc(C(C)C)cs1. The molecule has 0 saturated heterocycles. The number of guanidine groups is 1. The van der Waals surface area contributed by atoms with Gasteiger partial charge in [0, 0.05) is 37.9 Å². The minimum absolute atomic E-state index is 0.478. The van der Waals surface area contributed by atoms with Gasteiger partial charge in [0.2, 0.25) is 0 Å². The topological polar surface area (TPSA) is 67.1 Å². The number of hydrogen-bond donors (Lipinski definition) is 2. The van der Waals surface area contributed by atoms with Crippen molar-refractivity contribution in [2.24, 2.45) is 4.99 Å². The number of unbranched alkanes of at least 4 members (excludes halogenated alkanes) is 1. The van der Waals surface area contributed by atoms with Crippen molar-refractivity contribution in [3.63, 3.8) is 0 Å². The zero-order chi connectivity index (χ0) is 17.4. The van der Waals surface area contributed by atoms with Gasteiger partial charge in [-0.1, -0.05) is 13.8 Å². The highest BCUT2D eigenvalue weighted by atomic mass is 32.1. The Hall–Kier alpha value is -1.89. The number of aromatic nitrogens is 3. The van der Waals surface area contributed by atoms with Crippen LogP contribution < -0.4 is 10.6 Å². The van der Waals surface area contributed by atoms with Crippen molar-refractivity contribution in [1.29, 1.82) is 0 Å². The molecule has 24 heavy (non-hydrogen) atoms. The first-order valence-corrected chi connectivity index (χ1v) is 9.34. The molecule has 0 aliphatic heterocycles. The fourth-order valence-corrected chi connectivity index (χ4v) is 3.20. The third kappa shape index (κ3) is 5.63. The Labute approximate surface area is 148 Å². The highest BCUT2D eigenvalue weighted by molar-refractivity contribution is 7.09. The van der Waals surface area contributed by atoms with E-state index in [0.717, 1.165) is 48.4 Å². The average Bonchev–Trinajstić information content (AvgIpc) is 3.19. The summed E-state index contributed by atoms with van der Waals surface area (Å²) in [5.41, 5.74) is 1.16. The second-order valence-corrected chi connectivity index (χ2v) is 6.99. The van der Waals surface area contributed by atoms with E-state index in [9.17, 15) is 0 Å². The number of aliphatic imine (C=N–C) groups is 1. The van der Waals surface area contributed by atoms with Crippen LogP contribution in [0.15, 0.2) is 22.8 Å². The maximum atomic E-state index is 4.63. The van der Waals surface area contributed by atoms with Gasteiger partial charge in [-0.15, -0.1) is 11.3 Å². The Kier molecular flexibility index (Phi) is 7.24. The molecule has 0 aromatic carbocycles. The van der Waals surface area contributed by atoms with Gasteiger partial charge in [0.1, 0.15) is 10.8 Å². The molecule has 0 saturated carbocycles. The summed E-state index contributed by atoms with van der Waals surface area (Å²) in [6.45, 7) is 8.99. The Balaban J connectivity index is 1.64. The normalized spacial score (nSPS) is 12.0. The molecule has 0 aliphatic rings. The van der Waals surface area contributed by atoms with Gasteiger partial charge >= 0.3 is 0 Å². The summed E-state index contributed by atoms with van der Waals surface area (Å²) < 4.78 is 2.18. The summed E-state index contributed by atoms with van der Waals surface area (Å²) in [5.74, 6) is 2.38. The van der Waals surface area contributed by atoms with E-state index >= 15 is 0 Å². The van der Waals surface area contributed by atoms with Crippen molar-refractivity contribution < 1.29 is 0 Å². The number of rotatable bonds is 8. The number of imidazole rings is 1. The highest BCUT2D eigenvalue weighted by Crippen LogP contribution is 2.17. The molecule has 2 rings (SSSR count). The molecule has 0 atom stereocenters. The third-order valence-electron chi connectivity index (χ3n) is 3.83. The standard InChI is InChI=1S/C17H28N6S/c1-13(2)15-12-24-16(22-15)11-21-17(18-4)20-7-5-6-9-23-10-8-19-14(23)3/h8,10,12-13H,5-7,9,11H2,1-4H3,(H2,18,20,21). The molecule has 2 heterocycles. The first kappa shape index (κ1) is 18.4. The lowest BCUT2D eigenvalue weighted by atomic mass is 10.2. The van der Waals surface area contributed by atoms with E-state index < -0.39 is 0 Å². The number of aryl methyl sites for hydroxylation is 2. The Morgan fingerprint density at radius 2 is 2.17 bits per heavy atom. The van der Waals surface area contributed by atoms with Crippen LogP contribution in [0.1, 0.15) is 49.1 Å². The van der Waals surface area contributed by atoms with Crippen molar-refractivity contribution in [1.82, 2.24) is 25.2 Å². The van der Waals surface area contributed by atoms with Crippen LogP contribution in [0.3, 0.4) is 0 Å². The van der Waals surface area contributed by atoms with Gasteiger partial charge in [-0.25, -0.2) is 9.97 Å². The second kappa shape index (κ2) is 9.42. The zero-order valence-corrected chi connectivity index (χ0v) is 15.9. The van der Waals surface area contributed by atoms with Crippen LogP contribution in [0.25, 0.3) is 0 Å². The Morgan fingerprint density at radius 1 is 1.33 bits per heavy atom. The minimum atomic E-state index is 0.478. The van der Waals surface area contributed by atoms with Crippen LogP contribution >= 0.6 is 11.3 Å². The molecule has 0 radical (unpaired) electrons. The quantitative estimate of drug-likeness (QED) is 0.437. The molecular weight excluding hydrogens is 320 g/mol. The number of nitrogens with one attached hydrogen (secondary N) is 2. The van der Waals surface area contributed by atoms with Gasteiger partial charge in [0.15, 0.2) is 5.96 Å². The molecule has 0 unspecified atom stereocenters. The van der Waals surface area contributed by atoms with Crippen molar-refractivity contribution in [3.8, 4) is 0 Å². The summed E-state index contributed by atoms with van der Waals surface area (Å²) in [4.78, 5) is 13.1. The third-order valence-corrected chi connectivity index (χ3v) is 4.70. The van der Waals surface area contributed by atoms with E-state index in [1.807, 2.05) is 19.3 Å². The fraction of sp³-hybridized carbons (Fsp3) is 0.588. The molecule has 2 aromatic heterocycles. The van der Waals surface area contributed by atoms with Crippen LogP contribution in [0.4, 0.5) is 0 Å². The summed E-state index contributed by atoms with van der Waals surface area (Å²) in [6, 6.07) is 0. The van der Waals surface area contributed by atoms with Crippen LogP contribution in [-0.4, -0.2) is 34.1 Å². The first-order valence-electron chi connectivity index (χ1n) is 8.46. The zero-order valence-electron chi connectivity index (χ0n) is 15.0. The molecule has 7 heteroatoms. The molecule has 0 amide bonds. The maximum absolute atomic E-state index is 4.63. The van der Waals surface area contributed by atoms with Crippen LogP contribution in [0.5, 0.6) is 0 Å². The van der Waals surface area contributed by atoms with Crippen molar-refractivity contribution >= 4 is 17.3 Å². The fourth-order valence-electron chi connectivity index (χ4n) is 2.31. The lowest BCUT2D eigenvalue weighted by Gasteiger charge is -2.11. The Bertz CT molecular complexity index is 643. The predicted molar refractivity (Wildman–Crippen MR) is 101 cm³/mol. The van der Waals surface area contributed by atoms with Gasteiger partial charge in [-0.2, -0.15) is 0 Å². The number of nitrogens with zero attached hydrogens (tertiary/aromatic N) is 4. The van der Waals surface area contributed by atoms with Crippen molar-refractivity contribution in [2.45, 2.75) is 52.6 Å². The van der Waals surface area contributed by atoms with Gasteiger partial charge < -0.3 is 15.2 Å². The molecular formula is C17H28N6S. The van der Waals surface area contributed by atoms with E-state index in [1.54, 1.807) is 18.4 Å². The average molecular weight is 349 g/mol. The van der Waals surface area contributed by atoms with Gasteiger partial charge in [0.05, 0.1) is 12.2 Å². The van der Waals surface area contributed by atoms with E-state index in [4.69, 9.17) is 0 Å². The summed E-state index contributed by atoms with van der Waals surface area (Å²) in [5, 5.41) is 9.91. The summed E-state index contributed by atoms with van der Waals surface area (Å²) in [7, 11) is 1.80. The van der Waals surface area contributed by atoms with E-state index in [-0.39, 0.29) is 0 Å². The van der Waals surface area contributed by atoms with E-state index in [0.29, 0.717) is 12.5 Å². The molecule has 0 fully saturated rings. The molecule has 0 spiro atoms. The van der Waals surface area contributed by atoms with E-state index in [1.165, 1.54) is 0 Å². The van der Waals surface area contributed by atoms with Crippen molar-refractivity contribution in [3.05, 3.63) is 34.3 Å². The first-order chi connectivity index (χ1) is 11.6. The predicted octanol–water partition coefficient (Wildman–Crippen LogP) is 2.92. The number of hydrogen-bond acceptors (Lipinski definition) is 4.